The lowest BCUT2D eigenvalue weighted by Crippen LogP contribution is -2.45. The summed E-state index contributed by atoms with van der Waals surface area (Å²) >= 11 is 0. The molecule has 1 fully saturated rings. The lowest BCUT2D eigenvalue weighted by Gasteiger charge is -2.27. The molecular weight excluding hydrogens is 214 g/mol. The van der Waals surface area contributed by atoms with E-state index in [9.17, 15) is 0 Å². The number of aromatic nitrogens is 1. The van der Waals surface area contributed by atoms with Gasteiger partial charge in [0.2, 0.25) is 0 Å². The molecule has 17 heavy (non-hydrogen) atoms. The molecule has 1 saturated heterocycles. The van der Waals surface area contributed by atoms with Gasteiger partial charge in [0, 0.05) is 36.7 Å². The summed E-state index contributed by atoms with van der Waals surface area (Å²) in [5.41, 5.74) is 5.96. The Hall–Kier alpha value is -1.36. The maximum absolute atomic E-state index is 5.32. The van der Waals surface area contributed by atoms with E-state index in [0.717, 1.165) is 32.8 Å². The third-order valence-corrected chi connectivity index (χ3v) is 3.18. The average Bonchev–Trinajstić information content (AvgIpc) is 2.81. The second-order valence-electron chi connectivity index (χ2n) is 4.29. The van der Waals surface area contributed by atoms with Crippen molar-refractivity contribution >= 4 is 10.9 Å². The van der Waals surface area contributed by atoms with Crippen LogP contribution in [0.3, 0.4) is 0 Å². The van der Waals surface area contributed by atoms with Gasteiger partial charge in [-0.25, -0.2) is 5.01 Å². The van der Waals surface area contributed by atoms with E-state index in [0.29, 0.717) is 0 Å². The molecule has 4 heteroatoms. The molecule has 2 aromatic rings. The quantitative estimate of drug-likeness (QED) is 0.841. The van der Waals surface area contributed by atoms with Crippen LogP contribution in [0, 0.1) is 0 Å². The molecule has 2 heterocycles. The third-order valence-electron chi connectivity index (χ3n) is 3.18. The SMILES string of the molecule is c1ccc2c(CNN3CCOCC3)c[nH]c2c1. The molecule has 0 radical (unpaired) electrons. The minimum absolute atomic E-state index is 0.820. The van der Waals surface area contributed by atoms with Crippen LogP contribution < -0.4 is 5.43 Å². The third kappa shape index (κ3) is 2.34. The molecule has 3 rings (SSSR count). The van der Waals surface area contributed by atoms with E-state index < -0.39 is 0 Å². The van der Waals surface area contributed by atoms with Gasteiger partial charge in [-0.15, -0.1) is 0 Å². The van der Waals surface area contributed by atoms with Crippen molar-refractivity contribution in [2.45, 2.75) is 6.54 Å². The number of ether oxygens (including phenoxy) is 1. The average molecular weight is 231 g/mol. The van der Waals surface area contributed by atoms with Crippen LogP contribution >= 0.6 is 0 Å². The summed E-state index contributed by atoms with van der Waals surface area (Å²) in [6.45, 7) is 4.43. The molecular formula is C13H17N3O. The Morgan fingerprint density at radius 1 is 1.24 bits per heavy atom. The smallest absolute Gasteiger partial charge is 0.0608 e. The zero-order valence-electron chi connectivity index (χ0n) is 9.78. The highest BCUT2D eigenvalue weighted by molar-refractivity contribution is 5.82. The number of aromatic amines is 1. The van der Waals surface area contributed by atoms with Crippen LogP contribution in [0.25, 0.3) is 10.9 Å². The standard InChI is InChI=1S/C13H17N3O/c1-2-4-13-12(3-1)11(9-14-13)10-15-16-5-7-17-8-6-16/h1-4,9,14-15H,5-8,10H2. The normalized spacial score (nSPS) is 17.6. The summed E-state index contributed by atoms with van der Waals surface area (Å²) in [7, 11) is 0. The number of para-hydroxylation sites is 1. The van der Waals surface area contributed by atoms with Crippen molar-refractivity contribution in [1.29, 1.82) is 0 Å². The van der Waals surface area contributed by atoms with E-state index in [1.165, 1.54) is 16.5 Å². The van der Waals surface area contributed by atoms with Gasteiger partial charge in [-0.2, -0.15) is 0 Å². The molecule has 1 aliphatic heterocycles. The Morgan fingerprint density at radius 3 is 2.94 bits per heavy atom. The number of hydrogen-bond donors (Lipinski definition) is 2. The summed E-state index contributed by atoms with van der Waals surface area (Å²) in [5, 5.41) is 3.53. The van der Waals surface area contributed by atoms with E-state index in [4.69, 9.17) is 4.74 Å². The number of rotatable bonds is 3. The van der Waals surface area contributed by atoms with Crippen molar-refractivity contribution in [3.63, 3.8) is 0 Å². The Bertz CT molecular complexity index is 488. The van der Waals surface area contributed by atoms with Gasteiger partial charge in [0.25, 0.3) is 0 Å². The summed E-state index contributed by atoms with van der Waals surface area (Å²) in [5.74, 6) is 0. The van der Waals surface area contributed by atoms with Gasteiger partial charge >= 0.3 is 0 Å². The van der Waals surface area contributed by atoms with Crippen molar-refractivity contribution in [2.75, 3.05) is 26.3 Å². The molecule has 1 aliphatic rings. The molecule has 90 valence electrons. The van der Waals surface area contributed by atoms with Crippen LogP contribution in [-0.4, -0.2) is 36.3 Å². The first kappa shape index (κ1) is 10.8. The molecule has 0 atom stereocenters. The number of nitrogens with one attached hydrogen (secondary N) is 2. The van der Waals surface area contributed by atoms with E-state index in [2.05, 4.69) is 45.9 Å². The Balaban J connectivity index is 1.68. The number of morpholine rings is 1. The fourth-order valence-corrected chi connectivity index (χ4v) is 2.20. The summed E-state index contributed by atoms with van der Waals surface area (Å²) in [4.78, 5) is 3.29. The fraction of sp³-hybridized carbons (Fsp3) is 0.385. The van der Waals surface area contributed by atoms with Crippen molar-refractivity contribution in [3.05, 3.63) is 36.0 Å². The van der Waals surface area contributed by atoms with Gasteiger partial charge in [-0.3, -0.25) is 5.43 Å². The molecule has 0 unspecified atom stereocenters. The fourth-order valence-electron chi connectivity index (χ4n) is 2.20. The van der Waals surface area contributed by atoms with E-state index in [1.807, 2.05) is 0 Å². The molecule has 4 nitrogen and oxygen atoms in total. The topological polar surface area (TPSA) is 40.3 Å². The first-order valence-electron chi connectivity index (χ1n) is 6.05. The van der Waals surface area contributed by atoms with Crippen LogP contribution in [0.4, 0.5) is 0 Å². The largest absolute Gasteiger partial charge is 0.379 e. The maximum atomic E-state index is 5.32. The number of hydrogen-bond acceptors (Lipinski definition) is 3. The van der Waals surface area contributed by atoms with E-state index >= 15 is 0 Å². The van der Waals surface area contributed by atoms with Crippen LogP contribution in [0.2, 0.25) is 0 Å². The monoisotopic (exact) mass is 231 g/mol. The van der Waals surface area contributed by atoms with Crippen molar-refractivity contribution in [1.82, 2.24) is 15.4 Å². The molecule has 2 N–H and O–H groups in total. The van der Waals surface area contributed by atoms with Crippen LogP contribution in [0.1, 0.15) is 5.56 Å². The number of H-pyrrole nitrogens is 1. The van der Waals surface area contributed by atoms with Crippen LogP contribution in [0.5, 0.6) is 0 Å². The second-order valence-corrected chi connectivity index (χ2v) is 4.29. The predicted molar refractivity (Wildman–Crippen MR) is 67.5 cm³/mol. The molecule has 0 aliphatic carbocycles. The maximum Gasteiger partial charge on any atom is 0.0608 e. The van der Waals surface area contributed by atoms with Gasteiger partial charge in [-0.05, 0) is 11.6 Å². The van der Waals surface area contributed by atoms with Crippen molar-refractivity contribution in [3.8, 4) is 0 Å². The summed E-state index contributed by atoms with van der Waals surface area (Å²) in [6, 6.07) is 8.39. The van der Waals surface area contributed by atoms with Crippen LogP contribution in [0.15, 0.2) is 30.5 Å². The van der Waals surface area contributed by atoms with Crippen LogP contribution in [-0.2, 0) is 11.3 Å². The first-order valence-corrected chi connectivity index (χ1v) is 6.05. The summed E-state index contributed by atoms with van der Waals surface area (Å²) in [6.07, 6.45) is 2.08. The first-order chi connectivity index (χ1) is 8.43. The molecule has 0 saturated carbocycles. The Labute approximate surface area is 101 Å². The van der Waals surface area contributed by atoms with Gasteiger partial charge in [0.05, 0.1) is 13.2 Å². The lowest BCUT2D eigenvalue weighted by atomic mass is 10.2. The number of fused-ring (bicyclic) bond motifs is 1. The van der Waals surface area contributed by atoms with E-state index in [-0.39, 0.29) is 0 Å². The highest BCUT2D eigenvalue weighted by atomic mass is 16.5. The van der Waals surface area contributed by atoms with Gasteiger partial charge in [0.15, 0.2) is 0 Å². The molecule has 1 aromatic carbocycles. The Morgan fingerprint density at radius 2 is 2.06 bits per heavy atom. The highest BCUT2D eigenvalue weighted by Gasteiger charge is 2.10. The highest BCUT2D eigenvalue weighted by Crippen LogP contribution is 2.17. The number of nitrogens with zero attached hydrogens (tertiary/aromatic N) is 1. The minimum Gasteiger partial charge on any atom is -0.379 e. The molecule has 0 spiro atoms. The number of benzene rings is 1. The van der Waals surface area contributed by atoms with Gasteiger partial charge < -0.3 is 9.72 Å². The van der Waals surface area contributed by atoms with Gasteiger partial charge in [-0.1, -0.05) is 18.2 Å². The van der Waals surface area contributed by atoms with Crippen molar-refractivity contribution in [2.24, 2.45) is 0 Å². The Kier molecular flexibility index (Phi) is 3.09. The predicted octanol–water partition coefficient (Wildman–Crippen LogP) is 1.50. The molecule has 0 amide bonds. The molecule has 0 bridgehead atoms. The van der Waals surface area contributed by atoms with E-state index in [1.54, 1.807) is 0 Å². The minimum atomic E-state index is 0.820. The second kappa shape index (κ2) is 4.87. The molecule has 1 aromatic heterocycles. The lowest BCUT2D eigenvalue weighted by molar-refractivity contribution is 0.0106. The zero-order valence-corrected chi connectivity index (χ0v) is 9.78. The number of hydrazine groups is 1. The zero-order chi connectivity index (χ0) is 11.5. The van der Waals surface area contributed by atoms with Gasteiger partial charge in [0.1, 0.15) is 0 Å². The van der Waals surface area contributed by atoms with Crippen molar-refractivity contribution < 1.29 is 4.74 Å². The summed E-state index contributed by atoms with van der Waals surface area (Å²) < 4.78 is 5.32.